The molecule has 9 heteroatoms. The predicted molar refractivity (Wildman–Crippen MR) is 67.7 cm³/mol. The second-order valence-corrected chi connectivity index (χ2v) is 5.33. The van der Waals surface area contributed by atoms with E-state index in [4.69, 9.17) is 15.6 Å². The minimum Gasteiger partial charge on any atom is -0.492 e. The summed E-state index contributed by atoms with van der Waals surface area (Å²) in [6, 6.07) is 5.85. The third-order valence-electron chi connectivity index (χ3n) is 2.30. The van der Waals surface area contributed by atoms with E-state index in [1.54, 1.807) is 10.9 Å². The normalized spacial score (nSPS) is 11.4. The summed E-state index contributed by atoms with van der Waals surface area (Å²) in [5.41, 5.74) is 5.41. The standard InChI is InChI=1S/C10H13N5O3S/c11-10-7-15(14-13-10)5-6-18-8-1-3-9(4-2-8)19(12,16)17/h1-4,7H,5-6,11H2,(H2,12,16,17). The van der Waals surface area contributed by atoms with Crippen LogP contribution in [0.4, 0.5) is 5.82 Å². The van der Waals surface area contributed by atoms with Crippen molar-refractivity contribution >= 4 is 15.8 Å². The van der Waals surface area contributed by atoms with E-state index in [9.17, 15) is 8.42 Å². The molecule has 2 aromatic rings. The molecule has 2 rings (SSSR count). The number of hydrogen-bond donors (Lipinski definition) is 2. The molecule has 1 aromatic heterocycles. The number of ether oxygens (including phenoxy) is 1. The Bertz CT molecular complexity index is 650. The van der Waals surface area contributed by atoms with Crippen LogP contribution in [0.15, 0.2) is 35.4 Å². The molecule has 0 aliphatic rings. The van der Waals surface area contributed by atoms with Crippen LogP contribution in [0.2, 0.25) is 0 Å². The highest BCUT2D eigenvalue weighted by atomic mass is 32.2. The topological polar surface area (TPSA) is 126 Å². The van der Waals surface area contributed by atoms with Crippen molar-refractivity contribution < 1.29 is 13.2 Å². The molecule has 102 valence electrons. The monoisotopic (exact) mass is 283 g/mol. The Kier molecular flexibility index (Phi) is 3.67. The first kappa shape index (κ1) is 13.3. The van der Waals surface area contributed by atoms with E-state index in [0.29, 0.717) is 24.7 Å². The summed E-state index contributed by atoms with van der Waals surface area (Å²) in [6.07, 6.45) is 1.59. The lowest BCUT2D eigenvalue weighted by molar-refractivity contribution is 0.289. The van der Waals surface area contributed by atoms with Crippen LogP contribution in [-0.4, -0.2) is 30.0 Å². The molecule has 1 heterocycles. The molecular weight excluding hydrogens is 270 g/mol. The molecule has 0 aliphatic heterocycles. The molecule has 19 heavy (non-hydrogen) atoms. The number of anilines is 1. The Morgan fingerprint density at radius 3 is 2.47 bits per heavy atom. The SMILES string of the molecule is Nc1cn(CCOc2ccc(S(N)(=O)=O)cc2)nn1. The number of hydrogen-bond acceptors (Lipinski definition) is 6. The van der Waals surface area contributed by atoms with Gasteiger partial charge in [0, 0.05) is 0 Å². The van der Waals surface area contributed by atoms with Gasteiger partial charge in [-0.15, -0.1) is 5.10 Å². The summed E-state index contributed by atoms with van der Waals surface area (Å²) < 4.78 is 29.1. The number of nitrogens with zero attached hydrogens (tertiary/aromatic N) is 3. The number of nitrogen functional groups attached to an aromatic ring is 1. The molecule has 0 amide bonds. The van der Waals surface area contributed by atoms with E-state index in [2.05, 4.69) is 10.3 Å². The van der Waals surface area contributed by atoms with Gasteiger partial charge in [-0.2, -0.15) is 0 Å². The molecule has 8 nitrogen and oxygen atoms in total. The number of benzene rings is 1. The van der Waals surface area contributed by atoms with Gasteiger partial charge < -0.3 is 10.5 Å². The molecule has 0 aliphatic carbocycles. The largest absolute Gasteiger partial charge is 0.492 e. The second-order valence-electron chi connectivity index (χ2n) is 3.77. The van der Waals surface area contributed by atoms with Gasteiger partial charge >= 0.3 is 0 Å². The molecule has 4 N–H and O–H groups in total. The van der Waals surface area contributed by atoms with Gasteiger partial charge in [0.05, 0.1) is 17.6 Å². The average Bonchev–Trinajstić information content (AvgIpc) is 2.75. The van der Waals surface area contributed by atoms with Gasteiger partial charge in [-0.1, -0.05) is 5.21 Å². The van der Waals surface area contributed by atoms with Crippen molar-refractivity contribution in [1.82, 2.24) is 15.0 Å². The van der Waals surface area contributed by atoms with Crippen molar-refractivity contribution in [3.8, 4) is 5.75 Å². The summed E-state index contributed by atoms with van der Waals surface area (Å²) in [5, 5.41) is 12.4. The highest BCUT2D eigenvalue weighted by molar-refractivity contribution is 7.89. The van der Waals surface area contributed by atoms with Crippen LogP contribution < -0.4 is 15.6 Å². The van der Waals surface area contributed by atoms with Crippen LogP contribution in [-0.2, 0) is 16.6 Å². The van der Waals surface area contributed by atoms with E-state index >= 15 is 0 Å². The first-order valence-electron chi connectivity index (χ1n) is 5.36. The van der Waals surface area contributed by atoms with Crippen molar-refractivity contribution in [2.24, 2.45) is 5.14 Å². The summed E-state index contributed by atoms with van der Waals surface area (Å²) in [4.78, 5) is 0.0453. The van der Waals surface area contributed by atoms with Crippen LogP contribution in [0.3, 0.4) is 0 Å². The maximum Gasteiger partial charge on any atom is 0.238 e. The summed E-state index contributed by atoms with van der Waals surface area (Å²) in [7, 11) is -3.67. The molecule has 0 saturated heterocycles. The maximum absolute atomic E-state index is 11.1. The minimum absolute atomic E-state index is 0.0453. The zero-order valence-electron chi connectivity index (χ0n) is 9.93. The Morgan fingerprint density at radius 1 is 1.26 bits per heavy atom. The fraction of sp³-hybridized carbons (Fsp3) is 0.200. The maximum atomic E-state index is 11.1. The van der Waals surface area contributed by atoms with Crippen LogP contribution in [0, 0.1) is 0 Å². The van der Waals surface area contributed by atoms with E-state index in [1.807, 2.05) is 0 Å². The molecular formula is C10H13N5O3S. The number of primary sulfonamides is 1. The Hall–Kier alpha value is -2.13. The van der Waals surface area contributed by atoms with Gasteiger partial charge in [-0.3, -0.25) is 0 Å². The van der Waals surface area contributed by atoms with Crippen LogP contribution in [0.25, 0.3) is 0 Å². The lowest BCUT2D eigenvalue weighted by atomic mass is 10.3. The number of rotatable bonds is 5. The van der Waals surface area contributed by atoms with Crippen molar-refractivity contribution in [2.45, 2.75) is 11.4 Å². The molecule has 0 bridgehead atoms. The summed E-state index contributed by atoms with van der Waals surface area (Å²) in [5.74, 6) is 0.887. The average molecular weight is 283 g/mol. The highest BCUT2D eigenvalue weighted by Gasteiger charge is 2.06. The van der Waals surface area contributed by atoms with Crippen molar-refractivity contribution in [3.63, 3.8) is 0 Å². The van der Waals surface area contributed by atoms with Crippen molar-refractivity contribution in [3.05, 3.63) is 30.5 Å². The van der Waals surface area contributed by atoms with E-state index in [-0.39, 0.29) is 4.90 Å². The van der Waals surface area contributed by atoms with Crippen LogP contribution in [0.5, 0.6) is 5.75 Å². The van der Waals surface area contributed by atoms with E-state index in [1.165, 1.54) is 24.3 Å². The molecule has 0 saturated carbocycles. The van der Waals surface area contributed by atoms with Gasteiger partial charge in [-0.05, 0) is 24.3 Å². The Labute approximate surface area is 110 Å². The third-order valence-corrected chi connectivity index (χ3v) is 3.23. The lowest BCUT2D eigenvalue weighted by Crippen LogP contribution is -2.12. The zero-order valence-corrected chi connectivity index (χ0v) is 10.7. The number of sulfonamides is 1. The molecule has 0 spiro atoms. The predicted octanol–water partition coefficient (Wildman–Crippen LogP) is -0.413. The molecule has 0 radical (unpaired) electrons. The Morgan fingerprint density at radius 2 is 1.95 bits per heavy atom. The van der Waals surface area contributed by atoms with Gasteiger partial charge in [0.2, 0.25) is 10.0 Å². The van der Waals surface area contributed by atoms with E-state index in [0.717, 1.165) is 0 Å². The van der Waals surface area contributed by atoms with Crippen molar-refractivity contribution in [1.29, 1.82) is 0 Å². The van der Waals surface area contributed by atoms with Gasteiger partial charge in [0.15, 0.2) is 5.82 Å². The quantitative estimate of drug-likeness (QED) is 0.768. The lowest BCUT2D eigenvalue weighted by Gasteiger charge is -2.06. The highest BCUT2D eigenvalue weighted by Crippen LogP contribution is 2.14. The smallest absolute Gasteiger partial charge is 0.238 e. The molecule has 1 aromatic carbocycles. The molecule has 0 fully saturated rings. The first-order valence-corrected chi connectivity index (χ1v) is 6.91. The van der Waals surface area contributed by atoms with Gasteiger partial charge in [0.25, 0.3) is 0 Å². The second kappa shape index (κ2) is 5.24. The zero-order chi connectivity index (χ0) is 13.9. The first-order chi connectivity index (χ1) is 8.95. The van der Waals surface area contributed by atoms with E-state index < -0.39 is 10.0 Å². The van der Waals surface area contributed by atoms with Crippen molar-refractivity contribution in [2.75, 3.05) is 12.3 Å². The fourth-order valence-electron chi connectivity index (χ4n) is 1.41. The van der Waals surface area contributed by atoms with Crippen LogP contribution >= 0.6 is 0 Å². The van der Waals surface area contributed by atoms with Gasteiger partial charge in [0.1, 0.15) is 12.4 Å². The number of nitrogens with two attached hydrogens (primary N) is 2. The van der Waals surface area contributed by atoms with Gasteiger partial charge in [-0.25, -0.2) is 18.2 Å². The minimum atomic E-state index is -3.67. The Balaban J connectivity index is 1.90. The molecule has 0 atom stereocenters. The third kappa shape index (κ3) is 3.66. The molecule has 0 unspecified atom stereocenters. The van der Waals surface area contributed by atoms with Crippen LogP contribution in [0.1, 0.15) is 0 Å². The number of aromatic nitrogens is 3. The fourth-order valence-corrected chi connectivity index (χ4v) is 1.92. The summed E-state index contributed by atoms with van der Waals surface area (Å²) >= 11 is 0. The summed E-state index contributed by atoms with van der Waals surface area (Å²) in [6.45, 7) is 0.846.